The Kier molecular flexibility index (Phi) is 3.69. The van der Waals surface area contributed by atoms with Crippen molar-refractivity contribution in [2.24, 2.45) is 0 Å². The highest BCUT2D eigenvalue weighted by Crippen LogP contribution is 2.16. The highest BCUT2D eigenvalue weighted by Gasteiger charge is 2.28. The first kappa shape index (κ1) is 10.5. The molecule has 1 unspecified atom stereocenters. The lowest BCUT2D eigenvalue weighted by atomic mass is 10.0. The van der Waals surface area contributed by atoms with Crippen molar-refractivity contribution in [2.45, 2.75) is 25.3 Å². The van der Waals surface area contributed by atoms with E-state index in [-0.39, 0.29) is 11.5 Å². The van der Waals surface area contributed by atoms with Crippen LogP contribution in [-0.2, 0) is 14.3 Å². The van der Waals surface area contributed by atoms with Gasteiger partial charge in [0.25, 0.3) is 0 Å². The van der Waals surface area contributed by atoms with Gasteiger partial charge < -0.3 is 14.8 Å². The zero-order valence-corrected chi connectivity index (χ0v) is 8.26. The molecular weight excluding hydrogens is 170 g/mol. The molecule has 1 saturated heterocycles. The SMILES string of the molecule is COC(=O)CCNC1(C)CCOC1. The van der Waals surface area contributed by atoms with Crippen molar-refractivity contribution in [3.05, 3.63) is 0 Å². The van der Waals surface area contributed by atoms with Crippen LogP contribution in [0.25, 0.3) is 0 Å². The molecule has 0 bridgehead atoms. The van der Waals surface area contributed by atoms with E-state index in [4.69, 9.17) is 4.74 Å². The number of hydrogen-bond acceptors (Lipinski definition) is 4. The summed E-state index contributed by atoms with van der Waals surface area (Å²) in [4.78, 5) is 10.8. The number of hydrogen-bond donors (Lipinski definition) is 1. The van der Waals surface area contributed by atoms with Gasteiger partial charge >= 0.3 is 5.97 Å². The second-order valence-electron chi connectivity index (χ2n) is 3.62. The van der Waals surface area contributed by atoms with Crippen LogP contribution in [0.4, 0.5) is 0 Å². The maximum absolute atomic E-state index is 10.8. The van der Waals surface area contributed by atoms with Gasteiger partial charge in [0.2, 0.25) is 0 Å². The van der Waals surface area contributed by atoms with Crippen LogP contribution in [-0.4, -0.2) is 38.4 Å². The van der Waals surface area contributed by atoms with E-state index >= 15 is 0 Å². The molecule has 1 fully saturated rings. The number of rotatable bonds is 4. The third-order valence-corrected chi connectivity index (χ3v) is 2.33. The average Bonchev–Trinajstić information content (AvgIpc) is 2.52. The lowest BCUT2D eigenvalue weighted by Gasteiger charge is -2.23. The van der Waals surface area contributed by atoms with Crippen molar-refractivity contribution < 1.29 is 14.3 Å². The summed E-state index contributed by atoms with van der Waals surface area (Å²) in [6.45, 7) is 4.31. The Labute approximate surface area is 78.6 Å². The topological polar surface area (TPSA) is 47.6 Å². The predicted molar refractivity (Wildman–Crippen MR) is 48.5 cm³/mol. The van der Waals surface area contributed by atoms with Crippen molar-refractivity contribution in [1.29, 1.82) is 0 Å². The first-order chi connectivity index (χ1) is 6.16. The largest absolute Gasteiger partial charge is 0.469 e. The van der Waals surface area contributed by atoms with Crippen LogP contribution >= 0.6 is 0 Å². The molecule has 4 heteroatoms. The summed E-state index contributed by atoms with van der Waals surface area (Å²) in [6.07, 6.45) is 1.43. The molecule has 4 nitrogen and oxygen atoms in total. The monoisotopic (exact) mass is 187 g/mol. The minimum Gasteiger partial charge on any atom is -0.469 e. The van der Waals surface area contributed by atoms with Crippen molar-refractivity contribution in [2.75, 3.05) is 26.9 Å². The highest BCUT2D eigenvalue weighted by atomic mass is 16.5. The van der Waals surface area contributed by atoms with Crippen molar-refractivity contribution in [1.82, 2.24) is 5.32 Å². The van der Waals surface area contributed by atoms with E-state index in [2.05, 4.69) is 17.0 Å². The van der Waals surface area contributed by atoms with Gasteiger partial charge in [-0.25, -0.2) is 0 Å². The number of carbonyl (C=O) groups is 1. The number of carbonyl (C=O) groups excluding carboxylic acids is 1. The molecule has 1 atom stereocenters. The molecule has 76 valence electrons. The summed E-state index contributed by atoms with van der Waals surface area (Å²) < 4.78 is 9.80. The first-order valence-electron chi connectivity index (χ1n) is 4.56. The molecule has 0 aromatic rings. The summed E-state index contributed by atoms with van der Waals surface area (Å²) >= 11 is 0. The first-order valence-corrected chi connectivity index (χ1v) is 4.56. The highest BCUT2D eigenvalue weighted by molar-refractivity contribution is 5.69. The lowest BCUT2D eigenvalue weighted by molar-refractivity contribution is -0.140. The van der Waals surface area contributed by atoms with Gasteiger partial charge in [0.1, 0.15) is 0 Å². The van der Waals surface area contributed by atoms with E-state index < -0.39 is 0 Å². The van der Waals surface area contributed by atoms with Gasteiger partial charge in [-0.15, -0.1) is 0 Å². The molecule has 1 aliphatic rings. The van der Waals surface area contributed by atoms with Crippen molar-refractivity contribution in [3.8, 4) is 0 Å². The van der Waals surface area contributed by atoms with E-state index in [1.165, 1.54) is 7.11 Å². The number of esters is 1. The fraction of sp³-hybridized carbons (Fsp3) is 0.889. The second kappa shape index (κ2) is 4.58. The minimum absolute atomic E-state index is 0.0496. The molecule has 0 spiro atoms. The molecule has 0 aromatic heterocycles. The maximum atomic E-state index is 10.8. The van der Waals surface area contributed by atoms with Crippen LogP contribution in [0.1, 0.15) is 19.8 Å². The third kappa shape index (κ3) is 3.32. The summed E-state index contributed by atoms with van der Waals surface area (Å²) in [6, 6.07) is 0. The van der Waals surface area contributed by atoms with E-state index in [1.807, 2.05) is 0 Å². The van der Waals surface area contributed by atoms with Crippen LogP contribution in [0.15, 0.2) is 0 Å². The second-order valence-corrected chi connectivity index (χ2v) is 3.62. The van der Waals surface area contributed by atoms with Gasteiger partial charge in [0, 0.05) is 18.7 Å². The van der Waals surface area contributed by atoms with E-state index in [9.17, 15) is 4.79 Å². The Balaban J connectivity index is 2.14. The normalized spacial score (nSPS) is 27.5. The average molecular weight is 187 g/mol. The van der Waals surface area contributed by atoms with E-state index in [0.717, 1.165) is 19.6 Å². The number of nitrogens with one attached hydrogen (secondary N) is 1. The fourth-order valence-electron chi connectivity index (χ4n) is 1.37. The molecule has 0 amide bonds. The van der Waals surface area contributed by atoms with E-state index in [1.54, 1.807) is 0 Å². The van der Waals surface area contributed by atoms with Gasteiger partial charge in [0.05, 0.1) is 20.1 Å². The van der Waals surface area contributed by atoms with Crippen LogP contribution in [0.2, 0.25) is 0 Å². The molecule has 1 rings (SSSR count). The van der Waals surface area contributed by atoms with Gasteiger partial charge in [-0.3, -0.25) is 4.79 Å². The van der Waals surface area contributed by atoms with Crippen LogP contribution in [0.5, 0.6) is 0 Å². The van der Waals surface area contributed by atoms with Gasteiger partial charge in [-0.2, -0.15) is 0 Å². The van der Waals surface area contributed by atoms with Gasteiger partial charge in [-0.1, -0.05) is 0 Å². The Morgan fingerprint density at radius 1 is 1.69 bits per heavy atom. The molecular formula is C9H17NO3. The molecule has 0 aromatic carbocycles. The summed E-state index contributed by atoms with van der Waals surface area (Å²) in [7, 11) is 1.41. The zero-order valence-electron chi connectivity index (χ0n) is 8.26. The molecule has 1 heterocycles. The smallest absolute Gasteiger partial charge is 0.306 e. The predicted octanol–water partition coefficient (Wildman–Crippen LogP) is 0.318. The summed E-state index contributed by atoms with van der Waals surface area (Å²) in [5, 5.41) is 3.30. The molecule has 0 radical (unpaired) electrons. The van der Waals surface area contributed by atoms with Crippen molar-refractivity contribution in [3.63, 3.8) is 0 Å². The Bertz CT molecular complexity index is 176. The zero-order chi connectivity index (χ0) is 9.73. The minimum atomic E-state index is -0.171. The van der Waals surface area contributed by atoms with Crippen molar-refractivity contribution >= 4 is 5.97 Å². The Hall–Kier alpha value is -0.610. The lowest BCUT2D eigenvalue weighted by Crippen LogP contribution is -2.43. The molecule has 13 heavy (non-hydrogen) atoms. The van der Waals surface area contributed by atoms with Crippen LogP contribution < -0.4 is 5.32 Å². The standard InChI is InChI=1S/C9H17NO3/c1-9(4-6-13-7-9)10-5-3-8(11)12-2/h10H,3-7H2,1-2H3. The Morgan fingerprint density at radius 2 is 2.46 bits per heavy atom. The molecule has 1 N–H and O–H groups in total. The molecule has 0 aliphatic carbocycles. The summed E-state index contributed by atoms with van der Waals surface area (Å²) in [5.74, 6) is -0.171. The summed E-state index contributed by atoms with van der Waals surface area (Å²) in [5.41, 5.74) is 0.0496. The fourth-order valence-corrected chi connectivity index (χ4v) is 1.37. The maximum Gasteiger partial charge on any atom is 0.306 e. The van der Waals surface area contributed by atoms with Crippen LogP contribution in [0, 0.1) is 0 Å². The third-order valence-electron chi connectivity index (χ3n) is 2.33. The van der Waals surface area contributed by atoms with E-state index in [0.29, 0.717) is 13.0 Å². The quantitative estimate of drug-likeness (QED) is 0.644. The number of methoxy groups -OCH3 is 1. The number of ether oxygens (including phenoxy) is 2. The molecule has 1 aliphatic heterocycles. The van der Waals surface area contributed by atoms with Crippen LogP contribution in [0.3, 0.4) is 0 Å². The Morgan fingerprint density at radius 3 is 3.00 bits per heavy atom. The molecule has 0 saturated carbocycles. The van der Waals surface area contributed by atoms with Gasteiger partial charge in [0.15, 0.2) is 0 Å². The van der Waals surface area contributed by atoms with Gasteiger partial charge in [-0.05, 0) is 13.3 Å².